The highest BCUT2D eigenvalue weighted by Gasteiger charge is 2.20. The quantitative estimate of drug-likeness (QED) is 0.649. The van der Waals surface area contributed by atoms with Crippen LogP contribution in [0.3, 0.4) is 0 Å². The van der Waals surface area contributed by atoms with Crippen molar-refractivity contribution in [2.75, 3.05) is 13.2 Å². The van der Waals surface area contributed by atoms with Crippen LogP contribution in [0.25, 0.3) is 0 Å². The normalized spacial score (nSPS) is 18.2. The highest BCUT2D eigenvalue weighted by atomic mass is 79.9. The molecule has 1 N–H and O–H groups in total. The van der Waals surface area contributed by atoms with Gasteiger partial charge in [0.2, 0.25) is 0 Å². The molecule has 0 aliphatic carbocycles. The van der Waals surface area contributed by atoms with Gasteiger partial charge in [-0.05, 0) is 47.7 Å². The van der Waals surface area contributed by atoms with Crippen LogP contribution < -0.4 is 5.32 Å². The molecule has 0 saturated carbocycles. The molecule has 1 amide bonds. The van der Waals surface area contributed by atoms with Gasteiger partial charge in [0, 0.05) is 19.2 Å². The van der Waals surface area contributed by atoms with Gasteiger partial charge in [0.25, 0.3) is 11.6 Å². The van der Waals surface area contributed by atoms with E-state index < -0.39 is 4.92 Å². The summed E-state index contributed by atoms with van der Waals surface area (Å²) in [6, 6.07) is 4.42. The monoisotopic (exact) mass is 356 g/mol. The number of carbonyl (C=O) groups is 1. The van der Waals surface area contributed by atoms with Crippen LogP contribution >= 0.6 is 15.9 Å². The van der Waals surface area contributed by atoms with Gasteiger partial charge in [-0.25, -0.2) is 0 Å². The average Bonchev–Trinajstić information content (AvgIpc) is 2.48. The van der Waals surface area contributed by atoms with Crippen molar-refractivity contribution in [3.05, 3.63) is 38.3 Å². The Morgan fingerprint density at radius 2 is 2.29 bits per heavy atom. The molecule has 1 fully saturated rings. The summed E-state index contributed by atoms with van der Waals surface area (Å²) < 4.78 is 5.80. The number of nitro benzene ring substituents is 1. The molecule has 21 heavy (non-hydrogen) atoms. The molecule has 0 aromatic heterocycles. The van der Waals surface area contributed by atoms with Crippen LogP contribution in [0.5, 0.6) is 0 Å². The number of hydrogen-bond acceptors (Lipinski definition) is 4. The minimum absolute atomic E-state index is 0.113. The first-order chi connectivity index (χ1) is 10.1. The smallest absolute Gasteiger partial charge is 0.284 e. The van der Waals surface area contributed by atoms with Gasteiger partial charge in [-0.2, -0.15) is 0 Å². The molecule has 2 rings (SSSR count). The van der Waals surface area contributed by atoms with Gasteiger partial charge in [-0.1, -0.05) is 6.07 Å². The fraction of sp³-hybridized carbons (Fsp3) is 0.500. The molecule has 1 heterocycles. The summed E-state index contributed by atoms with van der Waals surface area (Å²) >= 11 is 3.12. The zero-order valence-electron chi connectivity index (χ0n) is 11.5. The Bertz CT molecular complexity index is 530. The standard InChI is InChI=1S/C14H17BrN2O4/c15-13-11(5-3-6-12(13)17(19)20)14(18)16-8-7-10-4-1-2-9-21-10/h3,5-6,10H,1-2,4,7-9H2,(H,16,18). The van der Waals surface area contributed by atoms with Gasteiger partial charge in [0.1, 0.15) is 4.47 Å². The van der Waals surface area contributed by atoms with E-state index in [1.54, 1.807) is 6.07 Å². The fourth-order valence-corrected chi connectivity index (χ4v) is 2.90. The molecule has 7 heteroatoms. The van der Waals surface area contributed by atoms with E-state index in [4.69, 9.17) is 4.74 Å². The molecule has 6 nitrogen and oxygen atoms in total. The lowest BCUT2D eigenvalue weighted by molar-refractivity contribution is -0.385. The van der Waals surface area contributed by atoms with E-state index >= 15 is 0 Å². The van der Waals surface area contributed by atoms with E-state index in [9.17, 15) is 14.9 Å². The van der Waals surface area contributed by atoms with Crippen molar-refractivity contribution < 1.29 is 14.5 Å². The van der Waals surface area contributed by atoms with E-state index in [0.29, 0.717) is 6.54 Å². The molecule has 0 spiro atoms. The third-order valence-electron chi connectivity index (χ3n) is 3.45. The number of nitrogens with zero attached hydrogens (tertiary/aromatic N) is 1. The Morgan fingerprint density at radius 3 is 2.95 bits per heavy atom. The van der Waals surface area contributed by atoms with Gasteiger partial charge in [0.15, 0.2) is 0 Å². The average molecular weight is 357 g/mol. The van der Waals surface area contributed by atoms with Gasteiger partial charge in [-0.15, -0.1) is 0 Å². The second kappa shape index (κ2) is 7.51. The maximum atomic E-state index is 12.1. The molecule has 1 aromatic rings. The number of amides is 1. The molecule has 114 valence electrons. The maximum absolute atomic E-state index is 12.1. The first-order valence-electron chi connectivity index (χ1n) is 6.92. The summed E-state index contributed by atoms with van der Waals surface area (Å²) in [6.07, 6.45) is 4.25. The maximum Gasteiger partial charge on any atom is 0.284 e. The lowest BCUT2D eigenvalue weighted by Crippen LogP contribution is -2.29. The van der Waals surface area contributed by atoms with Crippen molar-refractivity contribution in [1.29, 1.82) is 0 Å². The molecular formula is C14H17BrN2O4. The molecular weight excluding hydrogens is 340 g/mol. The Morgan fingerprint density at radius 1 is 1.48 bits per heavy atom. The zero-order valence-corrected chi connectivity index (χ0v) is 13.1. The summed E-state index contributed by atoms with van der Waals surface area (Å²) in [6.45, 7) is 1.29. The zero-order chi connectivity index (χ0) is 15.2. The van der Waals surface area contributed by atoms with E-state index in [1.165, 1.54) is 12.1 Å². The minimum atomic E-state index is -0.517. The Balaban J connectivity index is 1.91. The number of nitro groups is 1. The lowest BCUT2D eigenvalue weighted by Gasteiger charge is -2.22. The van der Waals surface area contributed by atoms with E-state index in [1.807, 2.05) is 0 Å². The van der Waals surface area contributed by atoms with E-state index in [0.717, 1.165) is 32.3 Å². The summed E-state index contributed by atoms with van der Waals surface area (Å²) in [5.41, 5.74) is 0.159. The highest BCUT2D eigenvalue weighted by Crippen LogP contribution is 2.28. The minimum Gasteiger partial charge on any atom is -0.378 e. The van der Waals surface area contributed by atoms with Crippen LogP contribution in [0.15, 0.2) is 22.7 Å². The Labute approximate surface area is 131 Å². The number of halogens is 1. The second-order valence-electron chi connectivity index (χ2n) is 4.93. The van der Waals surface area contributed by atoms with Crippen LogP contribution in [0, 0.1) is 10.1 Å². The molecule has 1 aromatic carbocycles. The summed E-state index contributed by atoms with van der Waals surface area (Å²) in [5, 5.41) is 13.6. The predicted molar refractivity (Wildman–Crippen MR) is 81.3 cm³/mol. The fourth-order valence-electron chi connectivity index (χ4n) is 2.31. The van der Waals surface area contributed by atoms with Crippen molar-refractivity contribution in [2.24, 2.45) is 0 Å². The topological polar surface area (TPSA) is 81.5 Å². The highest BCUT2D eigenvalue weighted by molar-refractivity contribution is 9.10. The molecule has 1 aliphatic heterocycles. The number of benzene rings is 1. The van der Waals surface area contributed by atoms with Crippen LogP contribution in [-0.2, 0) is 4.74 Å². The molecule has 1 aliphatic rings. The van der Waals surface area contributed by atoms with E-state index in [2.05, 4.69) is 21.2 Å². The summed E-state index contributed by atoms with van der Waals surface area (Å²) in [5.74, 6) is -0.318. The van der Waals surface area contributed by atoms with Crippen LogP contribution in [-0.4, -0.2) is 30.1 Å². The van der Waals surface area contributed by atoms with Crippen molar-refractivity contribution in [2.45, 2.75) is 31.8 Å². The summed E-state index contributed by atoms with van der Waals surface area (Å²) in [4.78, 5) is 22.4. The summed E-state index contributed by atoms with van der Waals surface area (Å²) in [7, 11) is 0. The van der Waals surface area contributed by atoms with Crippen LogP contribution in [0.1, 0.15) is 36.0 Å². The number of hydrogen-bond donors (Lipinski definition) is 1. The first kappa shape index (κ1) is 15.9. The SMILES string of the molecule is O=C(NCCC1CCCCO1)c1cccc([N+](=O)[O-])c1Br. The third kappa shape index (κ3) is 4.25. The van der Waals surface area contributed by atoms with Gasteiger partial charge in [0.05, 0.1) is 16.6 Å². The number of nitrogens with one attached hydrogen (secondary N) is 1. The van der Waals surface area contributed by atoms with E-state index in [-0.39, 0.29) is 27.7 Å². The number of carbonyl (C=O) groups excluding carboxylic acids is 1. The van der Waals surface area contributed by atoms with Gasteiger partial charge in [-0.3, -0.25) is 14.9 Å². The predicted octanol–water partition coefficient (Wildman–Crippen LogP) is 3.05. The van der Waals surface area contributed by atoms with Crippen molar-refractivity contribution in [3.8, 4) is 0 Å². The lowest BCUT2D eigenvalue weighted by atomic mass is 10.1. The molecule has 1 saturated heterocycles. The van der Waals surface area contributed by atoms with Gasteiger partial charge < -0.3 is 10.1 Å². The number of rotatable bonds is 5. The third-order valence-corrected chi connectivity index (χ3v) is 4.28. The molecule has 1 unspecified atom stereocenters. The van der Waals surface area contributed by atoms with Crippen LogP contribution in [0.2, 0.25) is 0 Å². The van der Waals surface area contributed by atoms with Crippen LogP contribution in [0.4, 0.5) is 5.69 Å². The Kier molecular flexibility index (Phi) is 5.69. The molecule has 0 radical (unpaired) electrons. The van der Waals surface area contributed by atoms with Gasteiger partial charge >= 0.3 is 0 Å². The second-order valence-corrected chi connectivity index (χ2v) is 5.72. The molecule has 0 bridgehead atoms. The molecule has 1 atom stereocenters. The Hall–Kier alpha value is -1.47. The van der Waals surface area contributed by atoms with Crippen molar-refractivity contribution in [1.82, 2.24) is 5.32 Å². The van der Waals surface area contributed by atoms with Crippen molar-refractivity contribution >= 4 is 27.5 Å². The van der Waals surface area contributed by atoms with Crippen molar-refractivity contribution in [3.63, 3.8) is 0 Å². The first-order valence-corrected chi connectivity index (χ1v) is 7.71. The largest absolute Gasteiger partial charge is 0.378 e. The number of ether oxygens (including phenoxy) is 1.